The van der Waals surface area contributed by atoms with Gasteiger partial charge < -0.3 is 9.80 Å². The molecule has 0 radical (unpaired) electrons. The first-order chi connectivity index (χ1) is 7.69. The number of aromatic nitrogens is 2. The molecule has 0 aliphatic carbocycles. The highest BCUT2D eigenvalue weighted by atomic mass is 79.9. The zero-order valence-electron chi connectivity index (χ0n) is 9.78. The van der Waals surface area contributed by atoms with Gasteiger partial charge in [-0.1, -0.05) is 6.92 Å². The van der Waals surface area contributed by atoms with Gasteiger partial charge in [-0.2, -0.15) is 0 Å². The monoisotopic (exact) mass is 284 g/mol. The minimum absolute atomic E-state index is 0.875. The van der Waals surface area contributed by atoms with E-state index in [9.17, 15) is 0 Å². The lowest BCUT2D eigenvalue weighted by Crippen LogP contribution is -2.44. The average Bonchev–Trinajstić information content (AvgIpc) is 2.29. The van der Waals surface area contributed by atoms with E-state index in [2.05, 4.69) is 49.7 Å². The summed E-state index contributed by atoms with van der Waals surface area (Å²) in [5.41, 5.74) is 0. The van der Waals surface area contributed by atoms with E-state index in [1.54, 1.807) is 0 Å². The van der Waals surface area contributed by atoms with Gasteiger partial charge in [0.25, 0.3) is 0 Å². The number of anilines is 1. The molecule has 0 N–H and O–H groups in total. The van der Waals surface area contributed by atoms with Crippen LogP contribution in [0.2, 0.25) is 0 Å². The largest absolute Gasteiger partial charge is 0.354 e. The summed E-state index contributed by atoms with van der Waals surface area (Å²) in [4.78, 5) is 13.6. The van der Waals surface area contributed by atoms with Gasteiger partial charge in [-0.25, -0.2) is 9.97 Å². The highest BCUT2D eigenvalue weighted by molar-refractivity contribution is 9.10. The molecule has 0 unspecified atom stereocenters. The molecule has 1 aromatic rings. The lowest BCUT2D eigenvalue weighted by Gasteiger charge is -2.33. The van der Waals surface area contributed by atoms with Gasteiger partial charge in [-0.3, -0.25) is 0 Å². The summed E-state index contributed by atoms with van der Waals surface area (Å²) in [5, 5.41) is 0. The molecule has 16 heavy (non-hydrogen) atoms. The van der Waals surface area contributed by atoms with E-state index in [4.69, 9.17) is 0 Å². The van der Waals surface area contributed by atoms with E-state index in [-0.39, 0.29) is 0 Å². The second kappa shape index (κ2) is 5.10. The third-order valence-electron chi connectivity index (χ3n) is 2.87. The normalized spacial score (nSPS) is 17.8. The van der Waals surface area contributed by atoms with Gasteiger partial charge >= 0.3 is 0 Å². The smallest absolute Gasteiger partial charge is 0.133 e. The molecule has 1 aliphatic heterocycles. The Kier molecular flexibility index (Phi) is 3.76. The molecule has 4 nitrogen and oxygen atoms in total. The molecule has 2 rings (SSSR count). The number of rotatable bonds is 2. The molecule has 88 valence electrons. The van der Waals surface area contributed by atoms with E-state index in [0.717, 1.165) is 48.8 Å². The van der Waals surface area contributed by atoms with Gasteiger partial charge in [0.1, 0.15) is 16.2 Å². The number of aryl methyl sites for hydroxylation is 1. The molecule has 0 saturated carbocycles. The van der Waals surface area contributed by atoms with Crippen molar-refractivity contribution in [1.29, 1.82) is 0 Å². The fraction of sp³-hybridized carbons (Fsp3) is 0.636. The Labute approximate surface area is 105 Å². The number of hydrogen-bond donors (Lipinski definition) is 0. The van der Waals surface area contributed by atoms with E-state index in [1.807, 2.05) is 6.07 Å². The molecule has 2 heterocycles. The van der Waals surface area contributed by atoms with Crippen molar-refractivity contribution in [2.45, 2.75) is 13.3 Å². The first kappa shape index (κ1) is 11.8. The van der Waals surface area contributed by atoms with Crippen LogP contribution in [0, 0.1) is 0 Å². The topological polar surface area (TPSA) is 32.3 Å². The maximum absolute atomic E-state index is 4.57. The number of likely N-dealkylation sites (N-methyl/N-ethyl adjacent to an activating group) is 1. The number of piperazine rings is 1. The van der Waals surface area contributed by atoms with Crippen molar-refractivity contribution in [3.63, 3.8) is 0 Å². The first-order valence-corrected chi connectivity index (χ1v) is 6.45. The summed E-state index contributed by atoms with van der Waals surface area (Å²) in [6.07, 6.45) is 0.875. The second-order valence-electron chi connectivity index (χ2n) is 4.11. The van der Waals surface area contributed by atoms with Crippen molar-refractivity contribution < 1.29 is 0 Å². The molecule has 1 aliphatic rings. The Balaban J connectivity index is 2.16. The summed E-state index contributed by atoms with van der Waals surface area (Å²) in [5.74, 6) is 1.95. The Morgan fingerprint density at radius 2 is 1.94 bits per heavy atom. The van der Waals surface area contributed by atoms with Crippen LogP contribution >= 0.6 is 15.9 Å². The maximum atomic E-state index is 4.57. The molecule has 0 atom stereocenters. The number of nitrogens with zero attached hydrogens (tertiary/aromatic N) is 4. The second-order valence-corrected chi connectivity index (χ2v) is 4.92. The maximum Gasteiger partial charge on any atom is 0.133 e. The minimum atomic E-state index is 0.875. The molecule has 0 amide bonds. The van der Waals surface area contributed by atoms with Crippen LogP contribution < -0.4 is 4.90 Å². The third-order valence-corrected chi connectivity index (χ3v) is 3.28. The Bertz CT molecular complexity index is 361. The highest BCUT2D eigenvalue weighted by Gasteiger charge is 2.16. The molecule has 1 saturated heterocycles. The van der Waals surface area contributed by atoms with E-state index in [0.29, 0.717) is 0 Å². The number of halogens is 1. The van der Waals surface area contributed by atoms with Gasteiger partial charge in [0.2, 0.25) is 0 Å². The molecule has 1 aromatic heterocycles. The summed E-state index contributed by atoms with van der Waals surface area (Å²) in [6, 6.07) is 2.00. The summed E-state index contributed by atoms with van der Waals surface area (Å²) >= 11 is 3.44. The van der Waals surface area contributed by atoms with E-state index in [1.165, 1.54) is 0 Å². The third kappa shape index (κ3) is 2.71. The van der Waals surface area contributed by atoms with Gasteiger partial charge in [0, 0.05) is 38.7 Å². The Morgan fingerprint density at radius 1 is 1.25 bits per heavy atom. The zero-order valence-corrected chi connectivity index (χ0v) is 11.4. The van der Waals surface area contributed by atoms with E-state index < -0.39 is 0 Å². The van der Waals surface area contributed by atoms with Crippen molar-refractivity contribution in [2.24, 2.45) is 0 Å². The molecular formula is C11H17BrN4. The highest BCUT2D eigenvalue weighted by Crippen LogP contribution is 2.18. The summed E-state index contributed by atoms with van der Waals surface area (Å²) in [7, 11) is 2.16. The fourth-order valence-electron chi connectivity index (χ4n) is 1.81. The van der Waals surface area contributed by atoms with Crippen LogP contribution in [0.1, 0.15) is 12.7 Å². The SMILES string of the molecule is CCc1nc(Br)cc(N2CCN(C)CC2)n1. The Morgan fingerprint density at radius 3 is 2.56 bits per heavy atom. The lowest BCUT2D eigenvalue weighted by atomic mass is 10.3. The molecule has 5 heteroatoms. The summed E-state index contributed by atoms with van der Waals surface area (Å²) in [6.45, 7) is 6.37. The van der Waals surface area contributed by atoms with Crippen LogP contribution in [-0.2, 0) is 6.42 Å². The van der Waals surface area contributed by atoms with Gasteiger partial charge in [0.05, 0.1) is 0 Å². The van der Waals surface area contributed by atoms with Crippen molar-refractivity contribution in [2.75, 3.05) is 38.1 Å². The quantitative estimate of drug-likeness (QED) is 0.772. The van der Waals surface area contributed by atoms with Crippen molar-refractivity contribution in [1.82, 2.24) is 14.9 Å². The van der Waals surface area contributed by atoms with E-state index >= 15 is 0 Å². The zero-order chi connectivity index (χ0) is 11.5. The molecular weight excluding hydrogens is 268 g/mol. The lowest BCUT2D eigenvalue weighted by molar-refractivity contribution is 0.312. The Hall–Kier alpha value is -0.680. The van der Waals surface area contributed by atoms with Crippen molar-refractivity contribution >= 4 is 21.7 Å². The van der Waals surface area contributed by atoms with Crippen LogP contribution in [0.4, 0.5) is 5.82 Å². The van der Waals surface area contributed by atoms with Crippen LogP contribution in [0.25, 0.3) is 0 Å². The van der Waals surface area contributed by atoms with Crippen LogP contribution in [0.15, 0.2) is 10.7 Å². The first-order valence-electron chi connectivity index (χ1n) is 5.66. The van der Waals surface area contributed by atoms with Crippen molar-refractivity contribution in [3.05, 3.63) is 16.5 Å². The fourth-order valence-corrected chi connectivity index (χ4v) is 2.22. The predicted octanol–water partition coefficient (Wildman–Crippen LogP) is 1.55. The van der Waals surface area contributed by atoms with Crippen LogP contribution in [0.5, 0.6) is 0 Å². The predicted molar refractivity (Wildman–Crippen MR) is 68.8 cm³/mol. The molecule has 0 aromatic carbocycles. The summed E-state index contributed by atoms with van der Waals surface area (Å²) < 4.78 is 0.883. The molecule has 0 spiro atoms. The molecule has 1 fully saturated rings. The van der Waals surface area contributed by atoms with Crippen LogP contribution in [0.3, 0.4) is 0 Å². The van der Waals surface area contributed by atoms with Crippen LogP contribution in [-0.4, -0.2) is 48.1 Å². The van der Waals surface area contributed by atoms with Gasteiger partial charge in [-0.15, -0.1) is 0 Å². The van der Waals surface area contributed by atoms with Gasteiger partial charge in [0.15, 0.2) is 0 Å². The minimum Gasteiger partial charge on any atom is -0.354 e. The standard InChI is InChI=1S/C11H17BrN4/c1-3-10-13-9(12)8-11(14-10)16-6-4-15(2)5-7-16/h8H,3-7H2,1-2H3. The number of hydrogen-bond acceptors (Lipinski definition) is 4. The van der Waals surface area contributed by atoms with Crippen molar-refractivity contribution in [3.8, 4) is 0 Å². The van der Waals surface area contributed by atoms with Gasteiger partial charge in [-0.05, 0) is 23.0 Å². The average molecular weight is 285 g/mol. The molecule has 0 bridgehead atoms.